The molecule has 5 heteroatoms. The van der Waals surface area contributed by atoms with Crippen LogP contribution in [0.4, 0.5) is 5.69 Å². The highest BCUT2D eigenvalue weighted by Crippen LogP contribution is 2.32. The van der Waals surface area contributed by atoms with E-state index in [1.807, 2.05) is 5.38 Å². The molecule has 162 valence electrons. The van der Waals surface area contributed by atoms with Gasteiger partial charge in [0.2, 0.25) is 0 Å². The first-order valence-corrected chi connectivity index (χ1v) is 11.9. The van der Waals surface area contributed by atoms with Crippen LogP contribution < -0.4 is 5.32 Å². The first-order valence-electron chi connectivity index (χ1n) is 11.0. The summed E-state index contributed by atoms with van der Waals surface area (Å²) in [6.45, 7) is 7.29. The van der Waals surface area contributed by atoms with Crippen LogP contribution in [0.15, 0.2) is 72.2 Å². The van der Waals surface area contributed by atoms with Gasteiger partial charge >= 0.3 is 0 Å². The Morgan fingerprint density at radius 3 is 2.64 bits per heavy atom. The highest BCUT2D eigenvalue weighted by atomic mass is 32.1. The molecule has 0 aliphatic carbocycles. The summed E-state index contributed by atoms with van der Waals surface area (Å²) in [7, 11) is 0. The number of nitrogens with zero attached hydrogens (tertiary/aromatic N) is 3. The van der Waals surface area contributed by atoms with E-state index in [-0.39, 0.29) is 0 Å². The maximum absolute atomic E-state index is 9.77. The number of nitrogens with one attached hydrogen (secondary N) is 1. The number of para-hydroxylation sites is 1. The Morgan fingerprint density at radius 1 is 1.03 bits per heavy atom. The molecule has 0 radical (unpaired) electrons. The summed E-state index contributed by atoms with van der Waals surface area (Å²) >= 11 is 1.49. The number of hydrogen-bond acceptors (Lipinski definition) is 4. The van der Waals surface area contributed by atoms with E-state index in [1.165, 1.54) is 44.3 Å². The number of nitriles is 1. The van der Waals surface area contributed by atoms with Crippen LogP contribution in [0.3, 0.4) is 0 Å². The number of fused-ring (bicyclic) bond motifs is 3. The van der Waals surface area contributed by atoms with Crippen molar-refractivity contribution in [2.75, 3.05) is 5.32 Å². The molecule has 2 aromatic heterocycles. The van der Waals surface area contributed by atoms with E-state index in [2.05, 4.69) is 97.4 Å². The first kappa shape index (κ1) is 21.0. The zero-order valence-electron chi connectivity index (χ0n) is 18.9. The van der Waals surface area contributed by atoms with Crippen LogP contribution in [0.5, 0.6) is 0 Å². The minimum Gasteiger partial charge on any atom is -0.360 e. The van der Waals surface area contributed by atoms with Gasteiger partial charge in [-0.25, -0.2) is 4.98 Å². The van der Waals surface area contributed by atoms with Crippen molar-refractivity contribution in [2.45, 2.75) is 27.3 Å². The number of benzene rings is 3. The van der Waals surface area contributed by atoms with E-state index >= 15 is 0 Å². The molecule has 0 spiro atoms. The van der Waals surface area contributed by atoms with Gasteiger partial charge in [-0.05, 0) is 62.2 Å². The number of aryl methyl sites for hydroxylation is 3. The molecular formula is C28H24N4S. The second-order valence-electron chi connectivity index (χ2n) is 8.14. The van der Waals surface area contributed by atoms with E-state index < -0.39 is 0 Å². The summed E-state index contributed by atoms with van der Waals surface area (Å²) < 4.78 is 2.33. The van der Waals surface area contributed by atoms with Crippen LogP contribution >= 0.6 is 11.3 Å². The summed E-state index contributed by atoms with van der Waals surface area (Å²) in [5.41, 5.74) is 8.38. The fourth-order valence-electron chi connectivity index (χ4n) is 4.21. The Hall–Kier alpha value is -3.88. The van der Waals surface area contributed by atoms with Gasteiger partial charge in [0.05, 0.1) is 5.69 Å². The van der Waals surface area contributed by atoms with E-state index in [0.717, 1.165) is 23.5 Å². The lowest BCUT2D eigenvalue weighted by molar-refractivity contribution is 0.827. The zero-order valence-corrected chi connectivity index (χ0v) is 19.7. The van der Waals surface area contributed by atoms with Crippen LogP contribution in [0.25, 0.3) is 38.6 Å². The third-order valence-corrected chi connectivity index (χ3v) is 7.01. The van der Waals surface area contributed by atoms with Gasteiger partial charge in [0, 0.05) is 51.2 Å². The Bertz CT molecular complexity index is 1560. The maximum atomic E-state index is 9.77. The molecule has 0 unspecified atom stereocenters. The third-order valence-electron chi connectivity index (χ3n) is 6.13. The average Bonchev–Trinajstić information content (AvgIpc) is 3.44. The largest absolute Gasteiger partial charge is 0.360 e. The molecule has 2 heterocycles. The molecule has 5 rings (SSSR count). The summed E-state index contributed by atoms with van der Waals surface area (Å²) in [5, 5.41) is 18.2. The van der Waals surface area contributed by atoms with Gasteiger partial charge in [-0.15, -0.1) is 11.3 Å². The molecule has 3 aromatic carbocycles. The Kier molecular flexibility index (Phi) is 5.45. The van der Waals surface area contributed by atoms with E-state index in [1.54, 1.807) is 6.20 Å². The van der Waals surface area contributed by atoms with Gasteiger partial charge in [0.25, 0.3) is 0 Å². The standard InChI is InChI=1S/C28H24N4S/c1-4-32-26-8-6-5-7-23(26)24-14-22(11-12-27(24)32)30-16-21(15-29)28-31-25(17-33-28)20-10-9-18(2)19(3)13-20/h5-14,16-17,30H,4H2,1-3H3. The molecule has 0 saturated carbocycles. The van der Waals surface area contributed by atoms with Crippen LogP contribution in [-0.2, 0) is 6.54 Å². The van der Waals surface area contributed by atoms with Crippen molar-refractivity contribution in [2.24, 2.45) is 0 Å². The van der Waals surface area contributed by atoms with Crippen molar-refractivity contribution in [3.8, 4) is 17.3 Å². The molecule has 1 N–H and O–H groups in total. The Labute approximate surface area is 197 Å². The van der Waals surface area contributed by atoms with Crippen molar-refractivity contribution < 1.29 is 0 Å². The van der Waals surface area contributed by atoms with Gasteiger partial charge in [-0.1, -0.05) is 30.3 Å². The molecule has 0 saturated heterocycles. The number of hydrogen-bond donors (Lipinski definition) is 1. The summed E-state index contributed by atoms with van der Waals surface area (Å²) in [6, 6.07) is 23.5. The summed E-state index contributed by atoms with van der Waals surface area (Å²) in [5.74, 6) is 0. The minimum absolute atomic E-state index is 0.520. The average molecular weight is 449 g/mol. The molecule has 0 fully saturated rings. The fourth-order valence-corrected chi connectivity index (χ4v) is 5.01. The van der Waals surface area contributed by atoms with Crippen LogP contribution in [0.2, 0.25) is 0 Å². The summed E-state index contributed by atoms with van der Waals surface area (Å²) in [4.78, 5) is 4.72. The number of thiazole rings is 1. The number of anilines is 1. The zero-order chi connectivity index (χ0) is 22.9. The van der Waals surface area contributed by atoms with Crippen LogP contribution in [0, 0.1) is 25.2 Å². The molecule has 0 amide bonds. The van der Waals surface area contributed by atoms with Crippen molar-refractivity contribution in [1.82, 2.24) is 9.55 Å². The molecule has 4 nitrogen and oxygen atoms in total. The van der Waals surface area contributed by atoms with Gasteiger partial charge in [-0.2, -0.15) is 5.26 Å². The third kappa shape index (κ3) is 3.79. The lowest BCUT2D eigenvalue weighted by atomic mass is 10.1. The first-order chi connectivity index (χ1) is 16.1. The predicted octanol–water partition coefficient (Wildman–Crippen LogP) is 7.53. The smallest absolute Gasteiger partial charge is 0.136 e. The van der Waals surface area contributed by atoms with Crippen LogP contribution in [-0.4, -0.2) is 9.55 Å². The second kappa shape index (κ2) is 8.57. The predicted molar refractivity (Wildman–Crippen MR) is 139 cm³/mol. The van der Waals surface area contributed by atoms with E-state index in [0.29, 0.717) is 10.6 Å². The highest BCUT2D eigenvalue weighted by Gasteiger charge is 2.11. The highest BCUT2D eigenvalue weighted by molar-refractivity contribution is 7.11. The number of allylic oxidation sites excluding steroid dienone is 1. The van der Waals surface area contributed by atoms with Crippen molar-refractivity contribution >= 4 is 44.4 Å². The quantitative estimate of drug-likeness (QED) is 0.283. The van der Waals surface area contributed by atoms with Crippen molar-refractivity contribution in [1.29, 1.82) is 5.26 Å². The van der Waals surface area contributed by atoms with Gasteiger partial charge in [0.1, 0.15) is 16.6 Å². The molecule has 33 heavy (non-hydrogen) atoms. The molecule has 0 aliphatic heterocycles. The number of aromatic nitrogens is 2. The van der Waals surface area contributed by atoms with E-state index in [4.69, 9.17) is 4.98 Å². The lowest BCUT2D eigenvalue weighted by Crippen LogP contribution is -1.94. The van der Waals surface area contributed by atoms with Crippen molar-refractivity contribution in [3.63, 3.8) is 0 Å². The van der Waals surface area contributed by atoms with Crippen LogP contribution in [0.1, 0.15) is 23.1 Å². The monoisotopic (exact) mass is 448 g/mol. The Morgan fingerprint density at radius 2 is 1.85 bits per heavy atom. The second-order valence-corrected chi connectivity index (χ2v) is 9.00. The fraction of sp³-hybridized carbons (Fsp3) is 0.143. The Balaban J connectivity index is 1.46. The van der Waals surface area contributed by atoms with Gasteiger partial charge < -0.3 is 9.88 Å². The molecule has 0 aliphatic rings. The summed E-state index contributed by atoms with van der Waals surface area (Å²) in [6.07, 6.45) is 1.75. The topological polar surface area (TPSA) is 53.6 Å². The molecular weight excluding hydrogens is 424 g/mol. The molecule has 0 atom stereocenters. The van der Waals surface area contributed by atoms with Gasteiger partial charge in [0.15, 0.2) is 0 Å². The maximum Gasteiger partial charge on any atom is 0.136 e. The number of rotatable bonds is 5. The van der Waals surface area contributed by atoms with Crippen molar-refractivity contribution in [3.05, 3.63) is 88.4 Å². The SMILES string of the molecule is CCn1c2ccccc2c2cc(NC=C(C#N)c3nc(-c4ccc(C)c(C)c4)cs3)ccc21. The molecule has 5 aromatic rings. The minimum atomic E-state index is 0.520. The lowest BCUT2D eigenvalue weighted by Gasteiger charge is -2.05. The normalized spacial score (nSPS) is 11.8. The van der Waals surface area contributed by atoms with Gasteiger partial charge in [-0.3, -0.25) is 0 Å². The van der Waals surface area contributed by atoms with E-state index in [9.17, 15) is 5.26 Å². The molecule has 0 bridgehead atoms.